The quantitative estimate of drug-likeness (QED) is 0.600. The van der Waals surface area contributed by atoms with Crippen LogP contribution >= 0.6 is 0 Å². The molecule has 1 fully saturated rings. The number of aryl methyl sites for hydroxylation is 1. The maximum absolute atomic E-state index is 13.6. The molecule has 2 heterocycles. The molecule has 1 aromatic heterocycles. The summed E-state index contributed by atoms with van der Waals surface area (Å²) in [4.78, 5) is 14.8. The first-order chi connectivity index (χ1) is 14.7. The molecular formula is C24H26FN3O2. The summed E-state index contributed by atoms with van der Waals surface area (Å²) in [5, 5.41) is 7.48. The summed E-state index contributed by atoms with van der Waals surface area (Å²) >= 11 is 0. The third kappa shape index (κ3) is 4.87. The van der Waals surface area contributed by atoms with Gasteiger partial charge < -0.3 is 9.64 Å². The standard InChI is InChI=1S/C24H26FN3O2/c25-20-9-4-5-11-23(20)30-16-14-19-17-21(27-26-19)22-10-6-15-28(22)24(29)13-12-18-7-2-1-3-8-18/h1-5,7-9,11,17,22H,6,10,12-16H2,(H,26,27)/t22-/m0/s1. The number of carbonyl (C=O) groups excluding carboxylic acids is 1. The summed E-state index contributed by atoms with van der Waals surface area (Å²) in [5.41, 5.74) is 2.99. The number of amides is 1. The summed E-state index contributed by atoms with van der Waals surface area (Å²) < 4.78 is 19.2. The average Bonchev–Trinajstić information content (AvgIpc) is 3.43. The Hall–Kier alpha value is -3.15. The highest BCUT2D eigenvalue weighted by molar-refractivity contribution is 5.77. The molecule has 1 amide bonds. The van der Waals surface area contributed by atoms with Crippen molar-refractivity contribution in [2.24, 2.45) is 0 Å². The van der Waals surface area contributed by atoms with Gasteiger partial charge in [-0.15, -0.1) is 0 Å². The van der Waals surface area contributed by atoms with E-state index >= 15 is 0 Å². The molecular weight excluding hydrogens is 381 g/mol. The Morgan fingerprint density at radius 3 is 2.77 bits per heavy atom. The molecule has 2 aromatic carbocycles. The Bertz CT molecular complexity index is 973. The molecule has 156 valence electrons. The molecule has 1 atom stereocenters. The molecule has 0 unspecified atom stereocenters. The van der Waals surface area contributed by atoms with Gasteiger partial charge in [0.1, 0.15) is 0 Å². The number of hydrogen-bond donors (Lipinski definition) is 1. The Labute approximate surface area is 175 Å². The Morgan fingerprint density at radius 2 is 1.93 bits per heavy atom. The van der Waals surface area contributed by atoms with Crippen LogP contribution in [0.5, 0.6) is 5.75 Å². The molecule has 0 bridgehead atoms. The van der Waals surface area contributed by atoms with Gasteiger partial charge in [0.2, 0.25) is 5.91 Å². The molecule has 1 aliphatic rings. The van der Waals surface area contributed by atoms with E-state index in [4.69, 9.17) is 4.74 Å². The number of H-pyrrole nitrogens is 1. The van der Waals surface area contributed by atoms with Crippen LogP contribution in [0.4, 0.5) is 4.39 Å². The minimum absolute atomic E-state index is 0.0192. The van der Waals surface area contributed by atoms with Gasteiger partial charge in [0, 0.05) is 25.1 Å². The maximum Gasteiger partial charge on any atom is 0.223 e. The molecule has 0 aliphatic carbocycles. The zero-order chi connectivity index (χ0) is 20.8. The number of benzene rings is 2. The van der Waals surface area contributed by atoms with Crippen LogP contribution < -0.4 is 4.74 Å². The van der Waals surface area contributed by atoms with E-state index < -0.39 is 0 Å². The number of rotatable bonds is 8. The van der Waals surface area contributed by atoms with Crippen molar-refractivity contribution in [2.75, 3.05) is 13.2 Å². The first-order valence-electron chi connectivity index (χ1n) is 10.5. The summed E-state index contributed by atoms with van der Waals surface area (Å²) in [6.45, 7) is 1.13. The second-order valence-corrected chi connectivity index (χ2v) is 7.58. The average molecular weight is 407 g/mol. The first kappa shape index (κ1) is 20.1. The molecule has 4 rings (SSSR count). The number of ether oxygens (including phenoxy) is 1. The molecule has 0 spiro atoms. The predicted molar refractivity (Wildman–Crippen MR) is 113 cm³/mol. The van der Waals surface area contributed by atoms with Crippen LogP contribution in [-0.4, -0.2) is 34.2 Å². The van der Waals surface area contributed by atoms with Gasteiger partial charge in [-0.25, -0.2) is 4.39 Å². The van der Waals surface area contributed by atoms with E-state index in [2.05, 4.69) is 22.3 Å². The van der Waals surface area contributed by atoms with E-state index in [1.54, 1.807) is 18.2 Å². The summed E-state index contributed by atoms with van der Waals surface area (Å²) in [7, 11) is 0. The fourth-order valence-corrected chi connectivity index (χ4v) is 3.92. The van der Waals surface area contributed by atoms with Crippen LogP contribution in [-0.2, 0) is 17.6 Å². The summed E-state index contributed by atoms with van der Waals surface area (Å²) in [6.07, 6.45) is 3.76. The number of aromatic nitrogens is 2. The number of likely N-dealkylation sites (tertiary alicyclic amines) is 1. The van der Waals surface area contributed by atoms with Crippen molar-refractivity contribution in [1.82, 2.24) is 15.1 Å². The Balaban J connectivity index is 1.31. The number of halogens is 1. The maximum atomic E-state index is 13.6. The molecule has 0 radical (unpaired) electrons. The number of nitrogens with one attached hydrogen (secondary N) is 1. The van der Waals surface area contributed by atoms with Crippen molar-refractivity contribution in [3.05, 3.63) is 83.4 Å². The molecule has 1 saturated heterocycles. The van der Waals surface area contributed by atoms with Crippen molar-refractivity contribution in [1.29, 1.82) is 0 Å². The topological polar surface area (TPSA) is 58.2 Å². The lowest BCUT2D eigenvalue weighted by atomic mass is 10.1. The van der Waals surface area contributed by atoms with Crippen LogP contribution in [0.2, 0.25) is 0 Å². The van der Waals surface area contributed by atoms with Crippen LogP contribution in [0.15, 0.2) is 60.7 Å². The molecule has 30 heavy (non-hydrogen) atoms. The van der Waals surface area contributed by atoms with Gasteiger partial charge in [0.25, 0.3) is 0 Å². The van der Waals surface area contributed by atoms with E-state index in [0.29, 0.717) is 19.4 Å². The van der Waals surface area contributed by atoms with Crippen LogP contribution in [0.25, 0.3) is 0 Å². The van der Waals surface area contributed by atoms with Gasteiger partial charge in [0.05, 0.1) is 18.3 Å². The third-order valence-electron chi connectivity index (χ3n) is 5.50. The van der Waals surface area contributed by atoms with E-state index in [1.807, 2.05) is 29.2 Å². The van der Waals surface area contributed by atoms with Gasteiger partial charge in [-0.1, -0.05) is 42.5 Å². The minimum Gasteiger partial charge on any atom is -0.490 e. The number of nitrogens with zero attached hydrogens (tertiary/aromatic N) is 2. The van der Waals surface area contributed by atoms with Crippen molar-refractivity contribution < 1.29 is 13.9 Å². The lowest BCUT2D eigenvalue weighted by Gasteiger charge is -2.23. The van der Waals surface area contributed by atoms with Crippen molar-refractivity contribution >= 4 is 5.91 Å². The van der Waals surface area contributed by atoms with E-state index in [1.165, 1.54) is 11.6 Å². The zero-order valence-electron chi connectivity index (χ0n) is 16.9. The number of hydrogen-bond acceptors (Lipinski definition) is 3. The van der Waals surface area contributed by atoms with E-state index in [9.17, 15) is 9.18 Å². The largest absolute Gasteiger partial charge is 0.490 e. The smallest absolute Gasteiger partial charge is 0.223 e. The monoisotopic (exact) mass is 407 g/mol. The second-order valence-electron chi connectivity index (χ2n) is 7.58. The highest BCUT2D eigenvalue weighted by atomic mass is 19.1. The molecule has 1 N–H and O–H groups in total. The number of carbonyl (C=O) groups is 1. The highest BCUT2D eigenvalue weighted by Gasteiger charge is 2.31. The Morgan fingerprint density at radius 1 is 1.13 bits per heavy atom. The van der Waals surface area contributed by atoms with Gasteiger partial charge in [-0.05, 0) is 43.0 Å². The van der Waals surface area contributed by atoms with E-state index in [0.717, 1.165) is 37.2 Å². The van der Waals surface area contributed by atoms with Gasteiger partial charge in [0.15, 0.2) is 11.6 Å². The normalized spacial score (nSPS) is 16.0. The second kappa shape index (κ2) is 9.57. The molecule has 1 aliphatic heterocycles. The lowest BCUT2D eigenvalue weighted by molar-refractivity contribution is -0.132. The molecule has 3 aromatic rings. The fourth-order valence-electron chi connectivity index (χ4n) is 3.92. The van der Waals surface area contributed by atoms with Crippen molar-refractivity contribution in [3.63, 3.8) is 0 Å². The fraction of sp³-hybridized carbons (Fsp3) is 0.333. The molecule has 5 nitrogen and oxygen atoms in total. The highest BCUT2D eigenvalue weighted by Crippen LogP contribution is 2.32. The van der Waals surface area contributed by atoms with Crippen molar-refractivity contribution in [2.45, 2.75) is 38.1 Å². The number of para-hydroxylation sites is 1. The lowest BCUT2D eigenvalue weighted by Crippen LogP contribution is -2.30. The predicted octanol–water partition coefficient (Wildman–Crippen LogP) is 4.47. The van der Waals surface area contributed by atoms with Crippen molar-refractivity contribution in [3.8, 4) is 5.75 Å². The molecule has 0 saturated carbocycles. The first-order valence-corrected chi connectivity index (χ1v) is 10.5. The van der Waals surface area contributed by atoms with Crippen LogP contribution in [0.1, 0.15) is 42.3 Å². The minimum atomic E-state index is -0.363. The SMILES string of the molecule is O=C(CCc1ccccc1)N1CCC[C@H]1c1cc(CCOc2ccccc2F)[nH]n1. The van der Waals surface area contributed by atoms with Crippen LogP contribution in [0.3, 0.4) is 0 Å². The molecule has 6 heteroatoms. The van der Waals surface area contributed by atoms with Gasteiger partial charge >= 0.3 is 0 Å². The van der Waals surface area contributed by atoms with E-state index in [-0.39, 0.29) is 23.5 Å². The van der Waals surface area contributed by atoms with Crippen LogP contribution in [0, 0.1) is 5.82 Å². The third-order valence-corrected chi connectivity index (χ3v) is 5.50. The Kier molecular flexibility index (Phi) is 6.42. The van der Waals surface area contributed by atoms with Gasteiger partial charge in [-0.2, -0.15) is 5.10 Å². The number of aromatic amines is 1. The summed E-state index contributed by atoms with van der Waals surface area (Å²) in [5.74, 6) is 0.0652. The van der Waals surface area contributed by atoms with Gasteiger partial charge in [-0.3, -0.25) is 9.89 Å². The summed E-state index contributed by atoms with van der Waals surface area (Å²) in [6, 6.07) is 18.5. The zero-order valence-corrected chi connectivity index (χ0v) is 16.9.